The molecular weight excluding hydrogens is 562 g/mol. The molecule has 1 N–H and O–H groups in total. The van der Waals surface area contributed by atoms with Crippen LogP contribution in [0, 0.1) is 6.92 Å². The summed E-state index contributed by atoms with van der Waals surface area (Å²) >= 11 is 6.27. The molecule has 4 aromatic carbocycles. The van der Waals surface area contributed by atoms with Gasteiger partial charge in [0.25, 0.3) is 15.9 Å². The molecule has 0 fully saturated rings. The minimum Gasteiger partial charge on any atom is -0.490 e. The van der Waals surface area contributed by atoms with E-state index in [2.05, 4.69) is 10.5 Å². The number of anilines is 1. The van der Waals surface area contributed by atoms with Crippen LogP contribution in [0.2, 0.25) is 5.02 Å². The topological polar surface area (TPSA) is 97.3 Å². The molecule has 0 saturated heterocycles. The van der Waals surface area contributed by atoms with E-state index in [1.54, 1.807) is 61.5 Å². The van der Waals surface area contributed by atoms with Gasteiger partial charge in [0.2, 0.25) is 0 Å². The van der Waals surface area contributed by atoms with E-state index in [0.717, 1.165) is 9.87 Å². The number of sulfonamides is 1. The Morgan fingerprint density at radius 1 is 0.927 bits per heavy atom. The lowest BCUT2D eigenvalue weighted by molar-refractivity contribution is -0.119. The predicted octanol–water partition coefficient (Wildman–Crippen LogP) is 5.97. The summed E-state index contributed by atoms with van der Waals surface area (Å²) in [6.07, 6.45) is 1.45. The first kappa shape index (κ1) is 29.6. The molecule has 0 saturated carbocycles. The van der Waals surface area contributed by atoms with Crippen LogP contribution in [0.25, 0.3) is 0 Å². The van der Waals surface area contributed by atoms with Crippen molar-refractivity contribution in [2.24, 2.45) is 5.10 Å². The molecule has 4 rings (SSSR count). The first-order chi connectivity index (χ1) is 19.8. The molecule has 8 nitrogen and oxygen atoms in total. The Morgan fingerprint density at radius 3 is 2.34 bits per heavy atom. The van der Waals surface area contributed by atoms with E-state index in [0.29, 0.717) is 46.5 Å². The van der Waals surface area contributed by atoms with Crippen molar-refractivity contribution < 1.29 is 22.7 Å². The average Bonchev–Trinajstić information content (AvgIpc) is 2.98. The fourth-order valence-corrected chi connectivity index (χ4v) is 5.63. The van der Waals surface area contributed by atoms with Gasteiger partial charge in [-0.2, -0.15) is 5.10 Å². The fraction of sp³-hybridized carbons (Fsp3) is 0.161. The zero-order valence-corrected chi connectivity index (χ0v) is 24.2. The second-order valence-corrected chi connectivity index (χ2v) is 11.2. The summed E-state index contributed by atoms with van der Waals surface area (Å²) in [7, 11) is -4.08. The Kier molecular flexibility index (Phi) is 10.00. The summed E-state index contributed by atoms with van der Waals surface area (Å²) in [6, 6.07) is 27.9. The largest absolute Gasteiger partial charge is 0.490 e. The van der Waals surface area contributed by atoms with Crippen molar-refractivity contribution in [1.29, 1.82) is 0 Å². The number of benzene rings is 4. The zero-order chi connectivity index (χ0) is 29.2. The molecular formula is C31H30ClN3O5S. The summed E-state index contributed by atoms with van der Waals surface area (Å²) in [5.74, 6) is 0.485. The number of amides is 1. The Balaban J connectivity index is 1.49. The van der Waals surface area contributed by atoms with Crippen LogP contribution < -0.4 is 19.2 Å². The zero-order valence-electron chi connectivity index (χ0n) is 22.7. The van der Waals surface area contributed by atoms with E-state index < -0.39 is 22.5 Å². The van der Waals surface area contributed by atoms with Gasteiger partial charge >= 0.3 is 0 Å². The molecule has 41 heavy (non-hydrogen) atoms. The van der Waals surface area contributed by atoms with E-state index in [1.807, 2.05) is 37.3 Å². The van der Waals surface area contributed by atoms with E-state index in [1.165, 1.54) is 18.3 Å². The van der Waals surface area contributed by atoms with Gasteiger partial charge in [-0.3, -0.25) is 9.10 Å². The van der Waals surface area contributed by atoms with Crippen LogP contribution in [0.1, 0.15) is 23.6 Å². The van der Waals surface area contributed by atoms with E-state index in [-0.39, 0.29) is 4.90 Å². The number of nitrogens with zero attached hydrogens (tertiary/aromatic N) is 2. The van der Waals surface area contributed by atoms with E-state index in [9.17, 15) is 13.2 Å². The van der Waals surface area contributed by atoms with Gasteiger partial charge in [0, 0.05) is 5.02 Å². The Labute approximate surface area is 245 Å². The monoisotopic (exact) mass is 591 g/mol. The summed E-state index contributed by atoms with van der Waals surface area (Å²) in [6.45, 7) is 3.89. The second kappa shape index (κ2) is 13.8. The number of hydrogen-bond donors (Lipinski definition) is 1. The molecule has 212 valence electrons. The van der Waals surface area contributed by atoms with E-state index in [4.69, 9.17) is 21.1 Å². The minimum atomic E-state index is -4.08. The highest BCUT2D eigenvalue weighted by molar-refractivity contribution is 7.92. The molecule has 0 aliphatic carbocycles. The second-order valence-electron chi connectivity index (χ2n) is 8.92. The maximum absolute atomic E-state index is 13.5. The first-order valence-electron chi connectivity index (χ1n) is 12.9. The predicted molar refractivity (Wildman–Crippen MR) is 161 cm³/mol. The van der Waals surface area contributed by atoms with Crippen LogP contribution in [0.3, 0.4) is 0 Å². The van der Waals surface area contributed by atoms with Crippen LogP contribution in [0.5, 0.6) is 11.5 Å². The fourth-order valence-electron chi connectivity index (χ4n) is 3.96. The van der Waals surface area contributed by atoms with Crippen molar-refractivity contribution in [3.63, 3.8) is 0 Å². The van der Waals surface area contributed by atoms with Gasteiger partial charge in [-0.05, 0) is 73.0 Å². The van der Waals surface area contributed by atoms with Crippen LogP contribution in [0.15, 0.2) is 107 Å². The molecule has 0 aliphatic heterocycles. The molecule has 0 radical (unpaired) electrons. The van der Waals surface area contributed by atoms with Crippen molar-refractivity contribution in [3.8, 4) is 11.5 Å². The highest BCUT2D eigenvalue weighted by atomic mass is 35.5. The van der Waals surface area contributed by atoms with Crippen LogP contribution in [0.4, 0.5) is 5.69 Å². The van der Waals surface area contributed by atoms with Gasteiger partial charge in [0.15, 0.2) is 11.5 Å². The maximum atomic E-state index is 13.5. The van der Waals surface area contributed by atoms with Crippen LogP contribution in [-0.2, 0) is 21.4 Å². The maximum Gasteiger partial charge on any atom is 0.264 e. The van der Waals surface area contributed by atoms with Gasteiger partial charge in [0.1, 0.15) is 13.2 Å². The molecule has 0 aliphatic rings. The highest BCUT2D eigenvalue weighted by Crippen LogP contribution is 2.31. The van der Waals surface area contributed by atoms with Crippen LogP contribution >= 0.6 is 11.6 Å². The van der Waals surface area contributed by atoms with Crippen molar-refractivity contribution in [2.75, 3.05) is 17.5 Å². The first-order valence-corrected chi connectivity index (χ1v) is 14.7. The minimum absolute atomic E-state index is 0.0497. The standard InChI is InChI=1S/C31H30ClN3O5S/c1-3-39-30-19-25(17-18-29(30)40-22-24-11-6-4-7-12-24)20-33-34-31(36)21-35(28-16-10-15-27(32)23(28)2)41(37,38)26-13-8-5-9-14-26/h4-20H,3,21-22H2,1-2H3,(H,34,36)/b33-20-. The summed E-state index contributed by atoms with van der Waals surface area (Å²) < 4.78 is 39.8. The van der Waals surface area contributed by atoms with Crippen LogP contribution in [-0.4, -0.2) is 33.7 Å². The third-order valence-corrected chi connectivity index (χ3v) is 8.22. The lowest BCUT2D eigenvalue weighted by Crippen LogP contribution is -2.40. The Hall–Kier alpha value is -4.34. The summed E-state index contributed by atoms with van der Waals surface area (Å²) in [5, 5.41) is 4.42. The number of hydrazone groups is 1. The van der Waals surface area contributed by atoms with Gasteiger partial charge in [0.05, 0.1) is 23.4 Å². The molecule has 4 aromatic rings. The molecule has 0 heterocycles. The summed E-state index contributed by atoms with van der Waals surface area (Å²) in [5.41, 5.74) is 4.93. The molecule has 1 amide bonds. The Morgan fingerprint density at radius 2 is 1.63 bits per heavy atom. The number of rotatable bonds is 12. The molecule has 0 atom stereocenters. The highest BCUT2D eigenvalue weighted by Gasteiger charge is 2.28. The molecule has 0 spiro atoms. The quantitative estimate of drug-likeness (QED) is 0.162. The number of halogens is 1. The number of carbonyl (C=O) groups excluding carboxylic acids is 1. The molecule has 0 aromatic heterocycles. The van der Waals surface area contributed by atoms with Gasteiger partial charge in [-0.15, -0.1) is 0 Å². The van der Waals surface area contributed by atoms with Crippen molar-refractivity contribution >= 4 is 39.4 Å². The van der Waals surface area contributed by atoms with Gasteiger partial charge < -0.3 is 9.47 Å². The van der Waals surface area contributed by atoms with Crippen molar-refractivity contribution in [2.45, 2.75) is 25.3 Å². The number of ether oxygens (including phenoxy) is 2. The molecule has 0 unspecified atom stereocenters. The van der Waals surface area contributed by atoms with Gasteiger partial charge in [-0.1, -0.05) is 66.2 Å². The number of carbonyl (C=O) groups is 1. The lowest BCUT2D eigenvalue weighted by Gasteiger charge is -2.25. The number of hydrogen-bond acceptors (Lipinski definition) is 6. The lowest BCUT2D eigenvalue weighted by atomic mass is 10.2. The van der Waals surface area contributed by atoms with Crippen molar-refractivity contribution in [3.05, 3.63) is 119 Å². The third-order valence-electron chi connectivity index (χ3n) is 6.03. The Bertz CT molecular complexity index is 1610. The SMILES string of the molecule is CCOc1cc(/C=N\NC(=O)CN(c2cccc(Cl)c2C)S(=O)(=O)c2ccccc2)ccc1OCc1ccccc1. The average molecular weight is 592 g/mol. The summed E-state index contributed by atoms with van der Waals surface area (Å²) in [4.78, 5) is 13.0. The smallest absolute Gasteiger partial charge is 0.264 e. The molecule has 0 bridgehead atoms. The van der Waals surface area contributed by atoms with Crippen molar-refractivity contribution in [1.82, 2.24) is 5.43 Å². The molecule has 10 heteroatoms. The van der Waals surface area contributed by atoms with E-state index >= 15 is 0 Å². The third kappa shape index (κ3) is 7.65. The van der Waals surface area contributed by atoms with Gasteiger partial charge in [-0.25, -0.2) is 13.8 Å². The normalized spacial score (nSPS) is 11.3. The number of nitrogens with one attached hydrogen (secondary N) is 1.